The van der Waals surface area contributed by atoms with E-state index in [9.17, 15) is 8.42 Å². The summed E-state index contributed by atoms with van der Waals surface area (Å²) in [5, 5.41) is 3.72. The van der Waals surface area contributed by atoms with Crippen LogP contribution in [-0.4, -0.2) is 26.9 Å². The Morgan fingerprint density at radius 2 is 2.11 bits per heavy atom. The average Bonchev–Trinajstić information content (AvgIpc) is 2.73. The molecule has 0 bridgehead atoms. The minimum atomic E-state index is -3.46. The fourth-order valence-electron chi connectivity index (χ4n) is 1.68. The van der Waals surface area contributed by atoms with Gasteiger partial charge in [0.15, 0.2) is 9.84 Å². The lowest BCUT2D eigenvalue weighted by Crippen LogP contribution is -2.03. The van der Waals surface area contributed by atoms with E-state index in [1.165, 1.54) is 13.2 Å². The maximum absolute atomic E-state index is 11.8. The molecule has 0 aliphatic carbocycles. The van der Waals surface area contributed by atoms with Crippen molar-refractivity contribution < 1.29 is 17.7 Å². The van der Waals surface area contributed by atoms with E-state index in [0.717, 1.165) is 6.26 Å². The van der Waals surface area contributed by atoms with Gasteiger partial charge in [-0.3, -0.25) is 0 Å². The highest BCUT2D eigenvalue weighted by atomic mass is 32.2. The Labute approximate surface area is 104 Å². The molecule has 6 nitrogen and oxygen atoms in total. The van der Waals surface area contributed by atoms with E-state index in [2.05, 4.69) is 5.16 Å². The third kappa shape index (κ3) is 2.17. The van der Waals surface area contributed by atoms with Crippen molar-refractivity contribution in [3.8, 4) is 17.0 Å². The molecule has 2 aromatic rings. The minimum absolute atomic E-state index is 0.0702. The van der Waals surface area contributed by atoms with Crippen molar-refractivity contribution in [3.05, 3.63) is 24.3 Å². The summed E-state index contributed by atoms with van der Waals surface area (Å²) < 4.78 is 33.5. The molecule has 1 aromatic heterocycles. The zero-order valence-corrected chi connectivity index (χ0v) is 10.7. The first-order chi connectivity index (χ1) is 8.43. The first kappa shape index (κ1) is 12.4. The summed E-state index contributed by atoms with van der Waals surface area (Å²) in [7, 11) is -2.05. The maximum atomic E-state index is 11.8. The molecule has 7 heteroatoms. The normalized spacial score (nSPS) is 11.4. The lowest BCUT2D eigenvalue weighted by molar-refractivity contribution is 0.403. The number of rotatable bonds is 3. The number of benzene rings is 1. The second kappa shape index (κ2) is 4.34. The Morgan fingerprint density at radius 1 is 1.39 bits per heavy atom. The molecule has 18 heavy (non-hydrogen) atoms. The maximum Gasteiger partial charge on any atom is 0.222 e. The number of anilines is 1. The quantitative estimate of drug-likeness (QED) is 0.902. The molecule has 0 saturated carbocycles. The van der Waals surface area contributed by atoms with E-state index in [1.54, 1.807) is 18.2 Å². The van der Waals surface area contributed by atoms with Gasteiger partial charge in [-0.2, -0.15) is 0 Å². The highest BCUT2D eigenvalue weighted by Gasteiger charge is 2.21. The van der Waals surface area contributed by atoms with Crippen LogP contribution in [0.4, 0.5) is 5.88 Å². The van der Waals surface area contributed by atoms with Crippen molar-refractivity contribution in [2.45, 2.75) is 4.90 Å². The molecule has 0 radical (unpaired) electrons. The zero-order chi connectivity index (χ0) is 13.3. The van der Waals surface area contributed by atoms with Crippen LogP contribution >= 0.6 is 0 Å². The van der Waals surface area contributed by atoms with Crippen LogP contribution in [0.1, 0.15) is 0 Å². The van der Waals surface area contributed by atoms with Gasteiger partial charge in [-0.05, 0) is 6.07 Å². The van der Waals surface area contributed by atoms with E-state index in [1.807, 2.05) is 0 Å². The third-order valence-electron chi connectivity index (χ3n) is 2.37. The molecule has 0 saturated heterocycles. The fraction of sp³-hybridized carbons (Fsp3) is 0.182. The van der Waals surface area contributed by atoms with E-state index < -0.39 is 9.84 Å². The Bertz CT molecular complexity index is 676. The summed E-state index contributed by atoms with van der Waals surface area (Å²) in [5.41, 5.74) is 6.19. The number of aromatic nitrogens is 1. The molecule has 1 aromatic carbocycles. The highest BCUT2D eigenvalue weighted by molar-refractivity contribution is 7.91. The predicted octanol–water partition coefficient (Wildman–Crippen LogP) is 1.34. The van der Waals surface area contributed by atoms with Crippen LogP contribution in [0.2, 0.25) is 0 Å². The first-order valence-electron chi connectivity index (χ1n) is 5.03. The molecule has 0 fully saturated rings. The molecule has 0 aliphatic rings. The van der Waals surface area contributed by atoms with Gasteiger partial charge in [-0.1, -0.05) is 17.3 Å². The smallest absolute Gasteiger partial charge is 0.222 e. The van der Waals surface area contributed by atoms with Crippen LogP contribution < -0.4 is 10.5 Å². The third-order valence-corrected chi connectivity index (χ3v) is 3.54. The zero-order valence-electron chi connectivity index (χ0n) is 9.88. The van der Waals surface area contributed by atoms with Crippen LogP contribution in [0.3, 0.4) is 0 Å². The number of nitrogens with zero attached hydrogens (tertiary/aromatic N) is 1. The van der Waals surface area contributed by atoms with Crippen LogP contribution in [0, 0.1) is 0 Å². The topological polar surface area (TPSA) is 95.4 Å². The Balaban J connectivity index is 2.75. The summed E-state index contributed by atoms with van der Waals surface area (Å²) in [6, 6.07) is 6.33. The van der Waals surface area contributed by atoms with Crippen molar-refractivity contribution >= 4 is 15.7 Å². The van der Waals surface area contributed by atoms with Crippen LogP contribution in [0.15, 0.2) is 33.7 Å². The van der Waals surface area contributed by atoms with Gasteiger partial charge in [0.25, 0.3) is 0 Å². The molecule has 0 atom stereocenters. The molecule has 96 valence electrons. The SMILES string of the molecule is COc1cccc(-c2cc(N)on2)c1S(C)(=O)=O. The number of nitrogens with two attached hydrogens (primary N) is 1. The lowest BCUT2D eigenvalue weighted by atomic mass is 10.1. The molecule has 0 aliphatic heterocycles. The molecular formula is C11H12N2O4S. The van der Waals surface area contributed by atoms with Crippen molar-refractivity contribution in [2.24, 2.45) is 0 Å². The van der Waals surface area contributed by atoms with Crippen molar-refractivity contribution in [2.75, 3.05) is 19.1 Å². The van der Waals surface area contributed by atoms with Crippen molar-refractivity contribution in [1.82, 2.24) is 5.16 Å². The van der Waals surface area contributed by atoms with Crippen LogP contribution in [-0.2, 0) is 9.84 Å². The van der Waals surface area contributed by atoms with Gasteiger partial charge in [-0.25, -0.2) is 8.42 Å². The summed E-state index contributed by atoms with van der Waals surface area (Å²) in [6.45, 7) is 0. The summed E-state index contributed by atoms with van der Waals surface area (Å²) in [5.74, 6) is 0.379. The number of hydrogen-bond donors (Lipinski definition) is 1. The second-order valence-corrected chi connectivity index (χ2v) is 5.68. The Morgan fingerprint density at radius 3 is 2.61 bits per heavy atom. The molecular weight excluding hydrogens is 256 g/mol. The number of nitrogen functional groups attached to an aromatic ring is 1. The van der Waals surface area contributed by atoms with E-state index in [4.69, 9.17) is 15.0 Å². The van der Waals surface area contributed by atoms with E-state index in [-0.39, 0.29) is 16.5 Å². The highest BCUT2D eigenvalue weighted by Crippen LogP contribution is 2.34. The minimum Gasteiger partial charge on any atom is -0.495 e. The fourth-order valence-corrected chi connectivity index (χ4v) is 2.77. The predicted molar refractivity (Wildman–Crippen MR) is 66.0 cm³/mol. The van der Waals surface area contributed by atoms with Crippen molar-refractivity contribution in [3.63, 3.8) is 0 Å². The first-order valence-corrected chi connectivity index (χ1v) is 6.92. The Kier molecular flexibility index (Phi) is 3.00. The van der Waals surface area contributed by atoms with E-state index >= 15 is 0 Å². The van der Waals surface area contributed by atoms with E-state index in [0.29, 0.717) is 11.3 Å². The molecule has 2 rings (SSSR count). The molecule has 0 spiro atoms. The number of methoxy groups -OCH3 is 1. The van der Waals surface area contributed by atoms with Gasteiger partial charge >= 0.3 is 0 Å². The van der Waals surface area contributed by atoms with Gasteiger partial charge in [-0.15, -0.1) is 0 Å². The van der Waals surface area contributed by atoms with Crippen LogP contribution in [0.5, 0.6) is 5.75 Å². The largest absolute Gasteiger partial charge is 0.495 e. The van der Waals surface area contributed by atoms with Crippen LogP contribution in [0.25, 0.3) is 11.3 Å². The summed E-state index contributed by atoms with van der Waals surface area (Å²) in [4.78, 5) is 0.0702. The molecule has 0 amide bonds. The summed E-state index contributed by atoms with van der Waals surface area (Å²) in [6.07, 6.45) is 1.11. The lowest BCUT2D eigenvalue weighted by Gasteiger charge is -2.10. The average molecular weight is 268 g/mol. The molecule has 1 heterocycles. The van der Waals surface area contributed by atoms with Gasteiger partial charge in [0, 0.05) is 17.9 Å². The van der Waals surface area contributed by atoms with Crippen molar-refractivity contribution in [1.29, 1.82) is 0 Å². The second-order valence-electron chi connectivity index (χ2n) is 3.72. The number of hydrogen-bond acceptors (Lipinski definition) is 6. The van der Waals surface area contributed by atoms with Gasteiger partial charge in [0.1, 0.15) is 16.3 Å². The number of sulfone groups is 1. The van der Waals surface area contributed by atoms with Gasteiger partial charge < -0.3 is 15.0 Å². The Hall–Kier alpha value is -2.02. The van der Waals surface area contributed by atoms with Gasteiger partial charge in [0.2, 0.25) is 5.88 Å². The molecule has 0 unspecified atom stereocenters. The van der Waals surface area contributed by atoms with Gasteiger partial charge in [0.05, 0.1) is 7.11 Å². The molecule has 2 N–H and O–H groups in total. The summed E-state index contributed by atoms with van der Waals surface area (Å²) >= 11 is 0. The monoisotopic (exact) mass is 268 g/mol. The standard InChI is InChI=1S/C11H12N2O4S/c1-16-9-5-3-4-7(11(9)18(2,14)15)8-6-10(12)17-13-8/h3-6H,12H2,1-2H3. The number of ether oxygens (including phenoxy) is 1.